The van der Waals surface area contributed by atoms with Crippen LogP contribution in [0.2, 0.25) is 0 Å². The van der Waals surface area contributed by atoms with Crippen LogP contribution >= 0.6 is 11.8 Å². The Morgan fingerprint density at radius 2 is 2.46 bits per heavy atom. The monoisotopic (exact) mass is 199 g/mol. The summed E-state index contributed by atoms with van der Waals surface area (Å²) in [5.74, 6) is 1.66. The molecule has 0 saturated heterocycles. The van der Waals surface area contributed by atoms with Crippen LogP contribution in [0.25, 0.3) is 0 Å². The molecule has 0 saturated carbocycles. The molecule has 0 radical (unpaired) electrons. The van der Waals surface area contributed by atoms with Crippen LogP contribution in [0.15, 0.2) is 23.4 Å². The first-order valence-corrected chi connectivity index (χ1v) is 5.09. The zero-order valence-electron chi connectivity index (χ0n) is 7.56. The third kappa shape index (κ3) is 3.24. The van der Waals surface area contributed by atoms with Crippen LogP contribution in [-0.2, 0) is 0 Å². The summed E-state index contributed by atoms with van der Waals surface area (Å²) in [5, 5.41) is 9.49. The van der Waals surface area contributed by atoms with Gasteiger partial charge in [-0.1, -0.05) is 0 Å². The molecule has 72 valence electrons. The molecule has 4 heteroatoms. The highest BCUT2D eigenvalue weighted by molar-refractivity contribution is 7.99. The van der Waals surface area contributed by atoms with Crippen LogP contribution in [0.5, 0.6) is 5.75 Å². The van der Waals surface area contributed by atoms with Crippen LogP contribution in [-0.4, -0.2) is 29.6 Å². The number of hydrogen-bond donors (Lipinski definition) is 1. The predicted molar refractivity (Wildman–Crippen MR) is 53.2 cm³/mol. The Morgan fingerprint density at radius 1 is 1.62 bits per heavy atom. The van der Waals surface area contributed by atoms with Crippen LogP contribution < -0.4 is 4.74 Å². The summed E-state index contributed by atoms with van der Waals surface area (Å²) in [4.78, 5) is 4.18. The van der Waals surface area contributed by atoms with Crippen molar-refractivity contribution in [3.05, 3.63) is 18.3 Å². The van der Waals surface area contributed by atoms with E-state index in [1.807, 2.05) is 12.1 Å². The van der Waals surface area contributed by atoms with E-state index in [-0.39, 0.29) is 6.61 Å². The number of aromatic nitrogens is 1. The van der Waals surface area contributed by atoms with Gasteiger partial charge < -0.3 is 9.84 Å². The van der Waals surface area contributed by atoms with Crippen LogP contribution in [0.1, 0.15) is 6.42 Å². The van der Waals surface area contributed by atoms with Gasteiger partial charge in [0.1, 0.15) is 5.03 Å². The lowest BCUT2D eigenvalue weighted by Crippen LogP contribution is -1.91. The topological polar surface area (TPSA) is 42.4 Å². The molecule has 0 unspecified atom stereocenters. The number of methoxy groups -OCH3 is 1. The van der Waals surface area contributed by atoms with Gasteiger partial charge in [0.15, 0.2) is 5.75 Å². The normalized spacial score (nSPS) is 10.0. The van der Waals surface area contributed by atoms with Crippen molar-refractivity contribution in [1.29, 1.82) is 0 Å². The molecule has 0 aliphatic heterocycles. The average Bonchev–Trinajstić information content (AvgIpc) is 2.19. The van der Waals surface area contributed by atoms with E-state index in [0.29, 0.717) is 0 Å². The van der Waals surface area contributed by atoms with E-state index in [2.05, 4.69) is 4.98 Å². The SMILES string of the molecule is COc1cccnc1SCCCO. The zero-order chi connectivity index (χ0) is 9.52. The average molecular weight is 199 g/mol. The number of hydrogen-bond acceptors (Lipinski definition) is 4. The second-order valence-corrected chi connectivity index (χ2v) is 3.52. The number of aliphatic hydroxyl groups excluding tert-OH is 1. The van der Waals surface area contributed by atoms with E-state index in [4.69, 9.17) is 9.84 Å². The lowest BCUT2D eigenvalue weighted by atomic mass is 10.5. The lowest BCUT2D eigenvalue weighted by molar-refractivity contribution is 0.296. The molecule has 1 N–H and O–H groups in total. The first kappa shape index (κ1) is 10.3. The molecule has 0 aliphatic carbocycles. The summed E-state index contributed by atoms with van der Waals surface area (Å²) in [6, 6.07) is 3.73. The molecule has 1 heterocycles. The second kappa shape index (κ2) is 5.83. The first-order chi connectivity index (χ1) is 6.38. The summed E-state index contributed by atoms with van der Waals surface area (Å²) >= 11 is 1.60. The molecule has 13 heavy (non-hydrogen) atoms. The third-order valence-corrected chi connectivity index (χ3v) is 2.57. The van der Waals surface area contributed by atoms with Gasteiger partial charge in [0.25, 0.3) is 0 Å². The van der Waals surface area contributed by atoms with Gasteiger partial charge in [0, 0.05) is 18.6 Å². The van der Waals surface area contributed by atoms with Crippen molar-refractivity contribution in [1.82, 2.24) is 4.98 Å². The van der Waals surface area contributed by atoms with E-state index < -0.39 is 0 Å². The quantitative estimate of drug-likeness (QED) is 0.577. The number of rotatable bonds is 5. The van der Waals surface area contributed by atoms with E-state index in [0.717, 1.165) is 22.9 Å². The molecule has 0 bridgehead atoms. The summed E-state index contributed by atoms with van der Waals surface area (Å²) < 4.78 is 5.13. The van der Waals surface area contributed by atoms with Gasteiger partial charge in [-0.3, -0.25) is 0 Å². The highest BCUT2D eigenvalue weighted by atomic mass is 32.2. The van der Waals surface area contributed by atoms with Crippen molar-refractivity contribution in [2.45, 2.75) is 11.4 Å². The Balaban J connectivity index is 2.54. The minimum absolute atomic E-state index is 0.224. The van der Waals surface area contributed by atoms with Crippen LogP contribution in [0.4, 0.5) is 0 Å². The fourth-order valence-corrected chi connectivity index (χ4v) is 1.77. The maximum atomic E-state index is 8.61. The van der Waals surface area contributed by atoms with Crippen molar-refractivity contribution >= 4 is 11.8 Å². The molecule has 3 nitrogen and oxygen atoms in total. The molecular weight excluding hydrogens is 186 g/mol. The number of pyridine rings is 1. The Labute approximate surface area is 82.1 Å². The van der Waals surface area contributed by atoms with Gasteiger partial charge in [-0.05, 0) is 18.6 Å². The van der Waals surface area contributed by atoms with Crippen molar-refractivity contribution in [2.75, 3.05) is 19.5 Å². The van der Waals surface area contributed by atoms with Gasteiger partial charge in [-0.2, -0.15) is 0 Å². The van der Waals surface area contributed by atoms with E-state index in [1.54, 1.807) is 25.1 Å². The highest BCUT2D eigenvalue weighted by Gasteiger charge is 2.02. The van der Waals surface area contributed by atoms with E-state index >= 15 is 0 Å². The predicted octanol–water partition coefficient (Wildman–Crippen LogP) is 1.56. The van der Waals surface area contributed by atoms with Gasteiger partial charge >= 0.3 is 0 Å². The maximum Gasteiger partial charge on any atom is 0.151 e. The number of thioether (sulfide) groups is 1. The minimum atomic E-state index is 0.224. The van der Waals surface area contributed by atoms with Gasteiger partial charge in [-0.15, -0.1) is 11.8 Å². The Bertz CT molecular complexity index is 255. The third-order valence-electron chi connectivity index (χ3n) is 1.50. The number of ether oxygens (including phenoxy) is 1. The maximum absolute atomic E-state index is 8.61. The summed E-state index contributed by atoms with van der Waals surface area (Å²) in [6.45, 7) is 0.224. The highest BCUT2D eigenvalue weighted by Crippen LogP contribution is 2.26. The molecule has 0 aliphatic rings. The lowest BCUT2D eigenvalue weighted by Gasteiger charge is -2.05. The standard InChI is InChI=1S/C9H13NO2S/c1-12-8-4-2-5-10-9(8)13-7-3-6-11/h2,4-5,11H,3,6-7H2,1H3. The summed E-state index contributed by atoms with van der Waals surface area (Å²) in [5.41, 5.74) is 0. The molecule has 0 atom stereocenters. The molecule has 0 amide bonds. The Morgan fingerprint density at radius 3 is 3.15 bits per heavy atom. The van der Waals surface area contributed by atoms with Gasteiger partial charge in [-0.25, -0.2) is 4.98 Å². The molecule has 1 aromatic rings. The Hall–Kier alpha value is -0.740. The fraction of sp³-hybridized carbons (Fsp3) is 0.444. The molecule has 1 aromatic heterocycles. The van der Waals surface area contributed by atoms with Crippen molar-refractivity contribution in [3.63, 3.8) is 0 Å². The molecule has 1 rings (SSSR count). The second-order valence-electron chi connectivity index (χ2n) is 2.44. The largest absolute Gasteiger partial charge is 0.494 e. The molecule has 0 spiro atoms. The van der Waals surface area contributed by atoms with E-state index in [9.17, 15) is 0 Å². The smallest absolute Gasteiger partial charge is 0.151 e. The number of nitrogens with zero attached hydrogens (tertiary/aromatic N) is 1. The first-order valence-electron chi connectivity index (χ1n) is 4.11. The zero-order valence-corrected chi connectivity index (χ0v) is 8.38. The number of aliphatic hydroxyl groups is 1. The summed E-state index contributed by atoms with van der Waals surface area (Å²) in [7, 11) is 1.63. The van der Waals surface area contributed by atoms with Crippen molar-refractivity contribution < 1.29 is 9.84 Å². The molecular formula is C9H13NO2S. The fourth-order valence-electron chi connectivity index (χ4n) is 0.873. The van der Waals surface area contributed by atoms with Crippen molar-refractivity contribution in [3.8, 4) is 5.75 Å². The van der Waals surface area contributed by atoms with Crippen molar-refractivity contribution in [2.24, 2.45) is 0 Å². The van der Waals surface area contributed by atoms with Gasteiger partial charge in [0.2, 0.25) is 0 Å². The van der Waals surface area contributed by atoms with E-state index in [1.165, 1.54) is 0 Å². The molecule has 0 aromatic carbocycles. The Kier molecular flexibility index (Phi) is 4.64. The molecule has 0 fully saturated rings. The van der Waals surface area contributed by atoms with Crippen LogP contribution in [0, 0.1) is 0 Å². The minimum Gasteiger partial charge on any atom is -0.494 e. The summed E-state index contributed by atoms with van der Waals surface area (Å²) in [6.07, 6.45) is 2.52. The van der Waals surface area contributed by atoms with Crippen LogP contribution in [0.3, 0.4) is 0 Å². The van der Waals surface area contributed by atoms with Gasteiger partial charge in [0.05, 0.1) is 7.11 Å².